The van der Waals surface area contributed by atoms with E-state index in [0.717, 1.165) is 30.8 Å². The van der Waals surface area contributed by atoms with Gasteiger partial charge in [0.25, 0.3) is 0 Å². The molecular formula is C14H20N2O. The molecule has 0 radical (unpaired) electrons. The summed E-state index contributed by atoms with van der Waals surface area (Å²) in [5, 5.41) is 0. The maximum atomic E-state index is 5.68. The van der Waals surface area contributed by atoms with E-state index in [1.54, 1.807) is 0 Å². The molecule has 0 saturated carbocycles. The summed E-state index contributed by atoms with van der Waals surface area (Å²) in [6.07, 6.45) is 4.29. The number of hydrazine groups is 1. The molecule has 3 nitrogen and oxygen atoms in total. The number of nitrogens with one attached hydrogen (secondary N) is 1. The van der Waals surface area contributed by atoms with E-state index in [0.29, 0.717) is 0 Å². The van der Waals surface area contributed by atoms with Crippen molar-refractivity contribution in [3.8, 4) is 0 Å². The van der Waals surface area contributed by atoms with Crippen LogP contribution in [0.15, 0.2) is 30.0 Å². The fraction of sp³-hybridized carbons (Fsp3) is 0.429. The minimum absolute atomic E-state index is 0.0334. The predicted molar refractivity (Wildman–Crippen MR) is 69.2 cm³/mol. The first-order valence-corrected chi connectivity index (χ1v) is 6.08. The summed E-state index contributed by atoms with van der Waals surface area (Å²) in [5.74, 6) is 6.61. The molecule has 92 valence electrons. The van der Waals surface area contributed by atoms with E-state index in [1.807, 2.05) is 0 Å². The highest BCUT2D eigenvalue weighted by molar-refractivity contribution is 5.34. The van der Waals surface area contributed by atoms with E-state index >= 15 is 0 Å². The molecule has 2 rings (SSSR count). The lowest BCUT2D eigenvalue weighted by atomic mass is 9.99. The summed E-state index contributed by atoms with van der Waals surface area (Å²) < 4.78 is 5.68. The molecule has 0 spiro atoms. The Kier molecular flexibility index (Phi) is 3.82. The van der Waals surface area contributed by atoms with E-state index in [9.17, 15) is 0 Å². The number of ether oxygens (including phenoxy) is 1. The number of rotatable bonds is 3. The zero-order valence-electron chi connectivity index (χ0n) is 10.5. The van der Waals surface area contributed by atoms with Crippen molar-refractivity contribution >= 4 is 0 Å². The van der Waals surface area contributed by atoms with Gasteiger partial charge < -0.3 is 4.74 Å². The van der Waals surface area contributed by atoms with Crippen LogP contribution in [0.5, 0.6) is 0 Å². The van der Waals surface area contributed by atoms with E-state index in [-0.39, 0.29) is 6.04 Å². The highest BCUT2D eigenvalue weighted by Crippen LogP contribution is 2.26. The standard InChI is InChI=1S/C14H20N2O/c1-10-7-11(2)9-12(8-10)14(16-15)13-5-3-4-6-17-13/h5,7-9,14,16H,3-4,6,15H2,1-2H3. The maximum absolute atomic E-state index is 5.68. The Hall–Kier alpha value is -1.32. The Labute approximate surface area is 103 Å². The summed E-state index contributed by atoms with van der Waals surface area (Å²) in [5.41, 5.74) is 6.51. The normalized spacial score (nSPS) is 17.2. The van der Waals surface area contributed by atoms with Crippen LogP contribution in [0, 0.1) is 13.8 Å². The molecule has 0 aromatic heterocycles. The molecule has 1 aliphatic heterocycles. The minimum Gasteiger partial charge on any atom is -0.496 e. The molecule has 0 bridgehead atoms. The van der Waals surface area contributed by atoms with Gasteiger partial charge in [-0.1, -0.05) is 29.3 Å². The van der Waals surface area contributed by atoms with Crippen LogP contribution in [-0.2, 0) is 4.74 Å². The number of aryl methyl sites for hydroxylation is 2. The molecule has 1 aromatic carbocycles. The van der Waals surface area contributed by atoms with Crippen LogP contribution in [0.4, 0.5) is 0 Å². The molecule has 1 unspecified atom stereocenters. The van der Waals surface area contributed by atoms with Crippen LogP contribution < -0.4 is 11.3 Å². The number of allylic oxidation sites excluding steroid dienone is 1. The molecule has 1 heterocycles. The highest BCUT2D eigenvalue weighted by Gasteiger charge is 2.18. The number of hydrogen-bond acceptors (Lipinski definition) is 3. The Balaban J connectivity index is 2.31. The van der Waals surface area contributed by atoms with Gasteiger partial charge in [-0.15, -0.1) is 0 Å². The van der Waals surface area contributed by atoms with Crippen molar-refractivity contribution in [2.24, 2.45) is 5.84 Å². The predicted octanol–water partition coefficient (Wildman–Crippen LogP) is 2.50. The summed E-state index contributed by atoms with van der Waals surface area (Å²) in [6.45, 7) is 4.98. The average molecular weight is 232 g/mol. The van der Waals surface area contributed by atoms with Crippen molar-refractivity contribution in [2.75, 3.05) is 6.61 Å². The fourth-order valence-electron chi connectivity index (χ4n) is 2.30. The molecule has 0 aliphatic carbocycles. The molecule has 3 heteroatoms. The molecule has 17 heavy (non-hydrogen) atoms. The quantitative estimate of drug-likeness (QED) is 0.622. The molecule has 1 atom stereocenters. The van der Waals surface area contributed by atoms with Gasteiger partial charge in [0.05, 0.1) is 6.61 Å². The van der Waals surface area contributed by atoms with Crippen LogP contribution in [0.25, 0.3) is 0 Å². The summed E-state index contributed by atoms with van der Waals surface area (Å²) in [4.78, 5) is 0. The lowest BCUT2D eigenvalue weighted by molar-refractivity contribution is 0.168. The van der Waals surface area contributed by atoms with Crippen molar-refractivity contribution in [2.45, 2.75) is 32.7 Å². The van der Waals surface area contributed by atoms with Gasteiger partial charge in [0.2, 0.25) is 0 Å². The maximum Gasteiger partial charge on any atom is 0.115 e. The third kappa shape index (κ3) is 2.87. The van der Waals surface area contributed by atoms with Gasteiger partial charge in [-0.2, -0.15) is 0 Å². The van der Waals surface area contributed by atoms with E-state index in [1.165, 1.54) is 11.1 Å². The van der Waals surface area contributed by atoms with E-state index in [4.69, 9.17) is 10.6 Å². The average Bonchev–Trinajstić information content (AvgIpc) is 2.30. The van der Waals surface area contributed by atoms with Crippen molar-refractivity contribution in [3.05, 3.63) is 46.7 Å². The third-order valence-corrected chi connectivity index (χ3v) is 2.99. The second-order valence-corrected chi connectivity index (χ2v) is 4.62. The second kappa shape index (κ2) is 5.34. The van der Waals surface area contributed by atoms with Gasteiger partial charge in [-0.25, -0.2) is 5.43 Å². The molecule has 3 N–H and O–H groups in total. The fourth-order valence-corrected chi connectivity index (χ4v) is 2.30. The molecule has 1 aliphatic rings. The van der Waals surface area contributed by atoms with Gasteiger partial charge in [0, 0.05) is 0 Å². The lowest BCUT2D eigenvalue weighted by Crippen LogP contribution is -2.31. The van der Waals surface area contributed by atoms with Crippen LogP contribution in [0.2, 0.25) is 0 Å². The zero-order valence-corrected chi connectivity index (χ0v) is 10.5. The summed E-state index contributed by atoms with van der Waals surface area (Å²) >= 11 is 0. The molecular weight excluding hydrogens is 212 g/mol. The van der Waals surface area contributed by atoms with Gasteiger partial charge in [-0.05, 0) is 38.3 Å². The Morgan fingerprint density at radius 1 is 1.24 bits per heavy atom. The third-order valence-electron chi connectivity index (χ3n) is 2.99. The van der Waals surface area contributed by atoms with E-state index < -0.39 is 0 Å². The first-order valence-electron chi connectivity index (χ1n) is 6.08. The van der Waals surface area contributed by atoms with Crippen molar-refractivity contribution in [1.82, 2.24) is 5.43 Å². The largest absolute Gasteiger partial charge is 0.496 e. The number of nitrogens with two attached hydrogens (primary N) is 1. The summed E-state index contributed by atoms with van der Waals surface area (Å²) in [7, 11) is 0. The zero-order chi connectivity index (χ0) is 12.3. The minimum atomic E-state index is -0.0334. The van der Waals surface area contributed by atoms with Gasteiger partial charge in [0.15, 0.2) is 0 Å². The first kappa shape index (κ1) is 12.1. The Morgan fingerprint density at radius 2 is 1.94 bits per heavy atom. The van der Waals surface area contributed by atoms with Gasteiger partial charge >= 0.3 is 0 Å². The van der Waals surface area contributed by atoms with E-state index in [2.05, 4.69) is 43.5 Å². The topological polar surface area (TPSA) is 47.3 Å². The first-order chi connectivity index (χ1) is 8.20. The second-order valence-electron chi connectivity index (χ2n) is 4.62. The molecule has 0 fully saturated rings. The monoisotopic (exact) mass is 232 g/mol. The van der Waals surface area contributed by atoms with Gasteiger partial charge in [-0.3, -0.25) is 5.84 Å². The van der Waals surface area contributed by atoms with Crippen LogP contribution in [0.1, 0.15) is 35.6 Å². The van der Waals surface area contributed by atoms with Crippen molar-refractivity contribution in [1.29, 1.82) is 0 Å². The molecule has 1 aromatic rings. The summed E-state index contributed by atoms with van der Waals surface area (Å²) in [6, 6.07) is 6.42. The Morgan fingerprint density at radius 3 is 2.47 bits per heavy atom. The number of hydrogen-bond donors (Lipinski definition) is 2. The lowest BCUT2D eigenvalue weighted by Gasteiger charge is -2.24. The molecule has 0 amide bonds. The molecule has 0 saturated heterocycles. The number of benzene rings is 1. The van der Waals surface area contributed by atoms with Crippen LogP contribution in [0.3, 0.4) is 0 Å². The van der Waals surface area contributed by atoms with Crippen LogP contribution in [-0.4, -0.2) is 6.61 Å². The SMILES string of the molecule is Cc1cc(C)cc(C(NN)C2=CCCCO2)c1. The van der Waals surface area contributed by atoms with Crippen LogP contribution >= 0.6 is 0 Å². The highest BCUT2D eigenvalue weighted by atomic mass is 16.5. The van der Waals surface area contributed by atoms with Crippen molar-refractivity contribution < 1.29 is 4.74 Å². The smallest absolute Gasteiger partial charge is 0.115 e. The van der Waals surface area contributed by atoms with Gasteiger partial charge in [0.1, 0.15) is 11.8 Å². The Bertz CT molecular complexity index is 406. The van der Waals surface area contributed by atoms with Crippen molar-refractivity contribution in [3.63, 3.8) is 0 Å².